The molecule has 0 radical (unpaired) electrons. The first-order valence-electron chi connectivity index (χ1n) is 8.57. The minimum absolute atomic E-state index is 0.0937. The van der Waals surface area contributed by atoms with Crippen LogP contribution in [-0.2, 0) is 14.8 Å². The van der Waals surface area contributed by atoms with E-state index in [1.807, 2.05) is 0 Å². The zero-order valence-corrected chi connectivity index (χ0v) is 15.0. The predicted molar refractivity (Wildman–Crippen MR) is 93.7 cm³/mol. The molecular formula is C16H21N3O6S. The molecule has 2 fully saturated rings. The Bertz CT molecular complexity index is 819. The Balaban J connectivity index is 1.92. The van der Waals surface area contributed by atoms with E-state index in [-0.39, 0.29) is 22.8 Å². The summed E-state index contributed by atoms with van der Waals surface area (Å²) >= 11 is 0. The van der Waals surface area contributed by atoms with Crippen molar-refractivity contribution in [3.8, 4) is 0 Å². The number of aliphatic carboxylic acids is 1. The third-order valence-corrected chi connectivity index (χ3v) is 6.87. The summed E-state index contributed by atoms with van der Waals surface area (Å²) in [6.45, 7) is 1.40. The highest BCUT2D eigenvalue weighted by Crippen LogP contribution is 2.35. The van der Waals surface area contributed by atoms with Crippen LogP contribution in [0.2, 0.25) is 0 Å². The van der Waals surface area contributed by atoms with Gasteiger partial charge >= 0.3 is 5.97 Å². The molecule has 2 aliphatic rings. The van der Waals surface area contributed by atoms with Crippen LogP contribution in [0.15, 0.2) is 23.1 Å². The Morgan fingerprint density at radius 3 is 2.46 bits per heavy atom. The SMILES string of the molecule is O=C(O)C1CCN(c2ccc(S(=O)(=O)N3CCCCC3)cc2[N+](=O)[O-])C1. The number of carboxylic acid groups (broad SMARTS) is 1. The third-order valence-electron chi connectivity index (χ3n) is 4.97. The number of nitro groups is 1. The van der Waals surface area contributed by atoms with Crippen molar-refractivity contribution >= 4 is 27.4 Å². The minimum Gasteiger partial charge on any atom is -0.481 e. The van der Waals surface area contributed by atoms with Crippen LogP contribution in [0.1, 0.15) is 25.7 Å². The van der Waals surface area contributed by atoms with Gasteiger partial charge in [0, 0.05) is 32.2 Å². The third kappa shape index (κ3) is 3.51. The number of sulfonamides is 1. The Kier molecular flexibility index (Phi) is 5.15. The van der Waals surface area contributed by atoms with Crippen LogP contribution in [0.25, 0.3) is 0 Å². The fourth-order valence-corrected chi connectivity index (χ4v) is 5.05. The normalized spacial score (nSPS) is 21.7. The summed E-state index contributed by atoms with van der Waals surface area (Å²) in [6.07, 6.45) is 2.94. The van der Waals surface area contributed by atoms with Gasteiger partial charge in [-0.15, -0.1) is 0 Å². The van der Waals surface area contributed by atoms with Crippen LogP contribution in [0.4, 0.5) is 11.4 Å². The molecule has 2 heterocycles. The van der Waals surface area contributed by atoms with Crippen LogP contribution in [0, 0.1) is 16.0 Å². The van der Waals surface area contributed by atoms with Crippen LogP contribution >= 0.6 is 0 Å². The van der Waals surface area contributed by atoms with Gasteiger partial charge in [0.2, 0.25) is 10.0 Å². The molecule has 0 spiro atoms. The van der Waals surface area contributed by atoms with Gasteiger partial charge < -0.3 is 10.0 Å². The van der Waals surface area contributed by atoms with Crippen LogP contribution in [0.5, 0.6) is 0 Å². The maximum Gasteiger partial charge on any atom is 0.308 e. The fourth-order valence-electron chi connectivity index (χ4n) is 3.51. The number of carboxylic acids is 1. The highest BCUT2D eigenvalue weighted by atomic mass is 32.2. The standard InChI is InChI=1S/C16H21N3O6S/c20-16(21)12-6-9-17(11-12)14-5-4-13(10-15(14)19(22)23)26(24,25)18-7-2-1-3-8-18/h4-5,10,12H,1-3,6-9,11H2,(H,20,21). The first kappa shape index (κ1) is 18.6. The van der Waals surface area contributed by atoms with Gasteiger partial charge in [0.05, 0.1) is 15.7 Å². The number of hydrogen-bond acceptors (Lipinski definition) is 6. The molecule has 1 atom stereocenters. The number of nitrogens with zero attached hydrogens (tertiary/aromatic N) is 3. The summed E-state index contributed by atoms with van der Waals surface area (Å²) in [5, 5.41) is 20.6. The first-order chi connectivity index (χ1) is 12.3. The van der Waals surface area contributed by atoms with Crippen molar-refractivity contribution in [2.75, 3.05) is 31.1 Å². The van der Waals surface area contributed by atoms with Crippen molar-refractivity contribution in [3.05, 3.63) is 28.3 Å². The molecule has 0 amide bonds. The molecule has 10 heteroatoms. The quantitative estimate of drug-likeness (QED) is 0.606. The summed E-state index contributed by atoms with van der Waals surface area (Å²) < 4.78 is 26.9. The molecule has 1 aromatic carbocycles. The van der Waals surface area contributed by atoms with E-state index in [2.05, 4.69) is 0 Å². The van der Waals surface area contributed by atoms with Crippen molar-refractivity contribution in [1.29, 1.82) is 0 Å². The average molecular weight is 383 g/mol. The van der Waals surface area contributed by atoms with Crippen molar-refractivity contribution in [3.63, 3.8) is 0 Å². The predicted octanol–water partition coefficient (Wildman–Crippen LogP) is 1.68. The van der Waals surface area contributed by atoms with E-state index in [0.29, 0.717) is 26.1 Å². The summed E-state index contributed by atoms with van der Waals surface area (Å²) in [5.74, 6) is -1.51. The van der Waals surface area contributed by atoms with E-state index in [4.69, 9.17) is 5.11 Å². The highest BCUT2D eigenvalue weighted by molar-refractivity contribution is 7.89. The van der Waals surface area contributed by atoms with Crippen molar-refractivity contribution in [2.24, 2.45) is 5.92 Å². The van der Waals surface area contributed by atoms with E-state index >= 15 is 0 Å². The van der Waals surface area contributed by atoms with Crippen molar-refractivity contribution < 1.29 is 23.2 Å². The van der Waals surface area contributed by atoms with Crippen LogP contribution in [-0.4, -0.2) is 54.9 Å². The second-order valence-electron chi connectivity index (χ2n) is 6.64. The second-order valence-corrected chi connectivity index (χ2v) is 8.58. The Morgan fingerprint density at radius 1 is 1.19 bits per heavy atom. The largest absolute Gasteiger partial charge is 0.481 e. The number of rotatable bonds is 5. The minimum atomic E-state index is -3.77. The molecule has 2 aliphatic heterocycles. The molecule has 1 aromatic rings. The van der Waals surface area contributed by atoms with E-state index in [1.54, 1.807) is 4.90 Å². The molecule has 26 heavy (non-hydrogen) atoms. The second kappa shape index (κ2) is 7.20. The molecule has 1 N–H and O–H groups in total. The molecule has 1 unspecified atom stereocenters. The van der Waals surface area contributed by atoms with Gasteiger partial charge in [-0.05, 0) is 31.4 Å². The van der Waals surface area contributed by atoms with E-state index in [1.165, 1.54) is 16.4 Å². The molecule has 3 rings (SSSR count). The summed E-state index contributed by atoms with van der Waals surface area (Å²) in [7, 11) is -3.77. The molecule has 2 saturated heterocycles. The lowest BCUT2D eigenvalue weighted by Crippen LogP contribution is -2.35. The maximum absolute atomic E-state index is 12.7. The summed E-state index contributed by atoms with van der Waals surface area (Å²) in [5.41, 5.74) is -0.0505. The Hall–Kier alpha value is -2.20. The van der Waals surface area contributed by atoms with Gasteiger partial charge in [0.15, 0.2) is 0 Å². The molecule has 0 aromatic heterocycles. The number of hydrogen-bond donors (Lipinski definition) is 1. The summed E-state index contributed by atoms with van der Waals surface area (Å²) in [4.78, 5) is 23.5. The number of piperidine rings is 1. The highest BCUT2D eigenvalue weighted by Gasteiger charge is 2.33. The lowest BCUT2D eigenvalue weighted by Gasteiger charge is -2.26. The molecular weight excluding hydrogens is 362 g/mol. The molecule has 0 saturated carbocycles. The number of benzene rings is 1. The molecule has 0 bridgehead atoms. The Morgan fingerprint density at radius 2 is 1.88 bits per heavy atom. The molecule has 9 nitrogen and oxygen atoms in total. The monoisotopic (exact) mass is 383 g/mol. The summed E-state index contributed by atoms with van der Waals surface area (Å²) in [6, 6.07) is 3.88. The van der Waals surface area contributed by atoms with Gasteiger partial charge in [-0.1, -0.05) is 6.42 Å². The number of carbonyl (C=O) groups is 1. The first-order valence-corrected chi connectivity index (χ1v) is 10.0. The lowest BCUT2D eigenvalue weighted by atomic mass is 10.1. The number of anilines is 1. The van der Waals surface area contributed by atoms with Crippen molar-refractivity contribution in [1.82, 2.24) is 4.31 Å². The van der Waals surface area contributed by atoms with Crippen LogP contribution < -0.4 is 4.90 Å². The van der Waals surface area contributed by atoms with Crippen LogP contribution in [0.3, 0.4) is 0 Å². The van der Waals surface area contributed by atoms with Gasteiger partial charge in [-0.2, -0.15) is 4.31 Å². The zero-order chi connectivity index (χ0) is 18.9. The van der Waals surface area contributed by atoms with E-state index in [9.17, 15) is 23.3 Å². The van der Waals surface area contributed by atoms with Crippen molar-refractivity contribution in [2.45, 2.75) is 30.6 Å². The van der Waals surface area contributed by atoms with E-state index in [0.717, 1.165) is 25.3 Å². The van der Waals surface area contributed by atoms with Gasteiger partial charge in [0.25, 0.3) is 5.69 Å². The molecule has 0 aliphatic carbocycles. The fraction of sp³-hybridized carbons (Fsp3) is 0.562. The number of nitro benzene ring substituents is 1. The molecule has 142 valence electrons. The lowest BCUT2D eigenvalue weighted by molar-refractivity contribution is -0.384. The van der Waals surface area contributed by atoms with Gasteiger partial charge in [-0.25, -0.2) is 8.42 Å². The van der Waals surface area contributed by atoms with Gasteiger partial charge in [-0.3, -0.25) is 14.9 Å². The topological polar surface area (TPSA) is 121 Å². The van der Waals surface area contributed by atoms with Gasteiger partial charge in [0.1, 0.15) is 5.69 Å². The zero-order valence-electron chi connectivity index (χ0n) is 14.2. The Labute approximate surface area is 151 Å². The average Bonchev–Trinajstić information content (AvgIpc) is 3.12. The smallest absolute Gasteiger partial charge is 0.308 e. The maximum atomic E-state index is 12.7. The van der Waals surface area contributed by atoms with E-state index < -0.39 is 26.8 Å².